The van der Waals surface area contributed by atoms with Gasteiger partial charge in [0.15, 0.2) is 4.90 Å². The number of rotatable bonds is 9. The second-order valence-corrected chi connectivity index (χ2v) is 10.6. The standard InChI is InChI=1S/C24H26N4O8S/c1-2-12-25-14-18-13-19(15-26(24(30)31)22(18)23(25)29)28(36-16-17-8-4-3-5-9-17)37(34,35)21-11-7-6-10-20(21)27(32)33/h2-11,18-19,22H,1,12-16H2,(H,30,31)/t18-,19+,22-/m0/s1. The molecule has 0 bridgehead atoms. The molecule has 2 heterocycles. The van der Waals surface area contributed by atoms with Crippen LogP contribution in [0.25, 0.3) is 0 Å². The number of nitrogens with zero attached hydrogens (tertiary/aromatic N) is 4. The Bertz CT molecular complexity index is 1300. The number of fused-ring (bicyclic) bond motifs is 1. The minimum atomic E-state index is -4.63. The van der Waals surface area contributed by atoms with Gasteiger partial charge in [0.1, 0.15) is 6.04 Å². The summed E-state index contributed by atoms with van der Waals surface area (Å²) in [6.07, 6.45) is 0.272. The van der Waals surface area contributed by atoms with E-state index < -0.39 is 49.6 Å². The summed E-state index contributed by atoms with van der Waals surface area (Å²) in [4.78, 5) is 43.5. The second kappa shape index (κ2) is 10.7. The molecule has 3 atom stereocenters. The molecule has 2 aromatic carbocycles. The Kier molecular flexibility index (Phi) is 7.57. The van der Waals surface area contributed by atoms with E-state index in [4.69, 9.17) is 4.84 Å². The Labute approximate surface area is 213 Å². The number of nitro benzene ring substituents is 1. The van der Waals surface area contributed by atoms with E-state index in [0.29, 0.717) is 10.0 Å². The summed E-state index contributed by atoms with van der Waals surface area (Å²) < 4.78 is 28.3. The van der Waals surface area contributed by atoms with Crippen LogP contribution in [-0.2, 0) is 26.3 Å². The van der Waals surface area contributed by atoms with E-state index in [1.807, 2.05) is 0 Å². The zero-order valence-electron chi connectivity index (χ0n) is 19.8. The van der Waals surface area contributed by atoms with E-state index in [1.165, 1.54) is 23.1 Å². The van der Waals surface area contributed by atoms with Gasteiger partial charge in [-0.25, -0.2) is 13.2 Å². The van der Waals surface area contributed by atoms with Crippen LogP contribution >= 0.6 is 0 Å². The molecule has 2 amide bonds. The number of para-hydroxylation sites is 1. The van der Waals surface area contributed by atoms with Gasteiger partial charge in [-0.15, -0.1) is 6.58 Å². The van der Waals surface area contributed by atoms with Crippen LogP contribution in [-0.4, -0.2) is 76.4 Å². The highest BCUT2D eigenvalue weighted by molar-refractivity contribution is 7.89. The average Bonchev–Trinajstić information content (AvgIpc) is 3.19. The van der Waals surface area contributed by atoms with Gasteiger partial charge in [0.25, 0.3) is 15.7 Å². The van der Waals surface area contributed by atoms with Crippen LogP contribution in [0, 0.1) is 16.0 Å². The van der Waals surface area contributed by atoms with Crippen LogP contribution in [0.15, 0.2) is 72.1 Å². The molecule has 2 aromatic rings. The van der Waals surface area contributed by atoms with E-state index in [1.54, 1.807) is 30.3 Å². The first kappa shape index (κ1) is 26.3. The first-order valence-corrected chi connectivity index (χ1v) is 12.9. The van der Waals surface area contributed by atoms with Crippen LogP contribution in [0.2, 0.25) is 0 Å². The van der Waals surface area contributed by atoms with E-state index >= 15 is 0 Å². The van der Waals surface area contributed by atoms with Crippen molar-refractivity contribution in [3.63, 3.8) is 0 Å². The van der Waals surface area contributed by atoms with E-state index in [2.05, 4.69) is 6.58 Å². The molecule has 2 aliphatic heterocycles. The molecular weight excluding hydrogens is 504 g/mol. The minimum Gasteiger partial charge on any atom is -0.465 e. The summed E-state index contributed by atoms with van der Waals surface area (Å²) in [5.41, 5.74) is 0.00929. The highest BCUT2D eigenvalue weighted by atomic mass is 32.2. The van der Waals surface area contributed by atoms with E-state index in [-0.39, 0.29) is 38.6 Å². The number of hydrogen-bond acceptors (Lipinski definition) is 7. The molecule has 2 aliphatic rings. The fourth-order valence-corrected chi connectivity index (χ4v) is 6.48. The number of benzene rings is 2. The minimum absolute atomic E-state index is 0.114. The molecule has 0 saturated carbocycles. The number of piperidine rings is 1. The predicted molar refractivity (Wildman–Crippen MR) is 131 cm³/mol. The molecule has 1 N–H and O–H groups in total. The lowest BCUT2D eigenvalue weighted by molar-refractivity contribution is -0.388. The Hall–Kier alpha value is -3.81. The largest absolute Gasteiger partial charge is 0.465 e. The number of nitro groups is 1. The van der Waals surface area contributed by atoms with Gasteiger partial charge in [-0.3, -0.25) is 24.6 Å². The Morgan fingerprint density at radius 1 is 1.19 bits per heavy atom. The molecule has 2 fully saturated rings. The van der Waals surface area contributed by atoms with Crippen molar-refractivity contribution in [1.29, 1.82) is 0 Å². The first-order valence-electron chi connectivity index (χ1n) is 11.5. The normalized spacial score (nSPS) is 21.6. The van der Waals surface area contributed by atoms with Gasteiger partial charge in [-0.2, -0.15) is 0 Å². The highest BCUT2D eigenvalue weighted by Crippen LogP contribution is 2.37. The van der Waals surface area contributed by atoms with Crippen molar-refractivity contribution in [1.82, 2.24) is 14.3 Å². The molecule has 0 aromatic heterocycles. The molecule has 0 aliphatic carbocycles. The lowest BCUT2D eigenvalue weighted by Gasteiger charge is -2.41. The van der Waals surface area contributed by atoms with Crippen molar-refractivity contribution in [2.45, 2.75) is 30.0 Å². The van der Waals surface area contributed by atoms with Crippen molar-refractivity contribution in [2.75, 3.05) is 19.6 Å². The lowest BCUT2D eigenvalue weighted by Crippen LogP contribution is -2.59. The van der Waals surface area contributed by atoms with E-state index in [0.717, 1.165) is 17.0 Å². The van der Waals surface area contributed by atoms with Gasteiger partial charge in [0, 0.05) is 31.6 Å². The molecule has 4 rings (SSSR count). The molecule has 0 radical (unpaired) electrons. The molecule has 0 unspecified atom stereocenters. The summed E-state index contributed by atoms with van der Waals surface area (Å²) in [7, 11) is -4.63. The fraction of sp³-hybridized carbons (Fsp3) is 0.333. The molecule has 196 valence electrons. The SMILES string of the molecule is C=CCN1C[C@@H]2C[C@@H](N(OCc3ccccc3)S(=O)(=O)c3ccccc3[N+](=O)[O-])CN(C(=O)O)[C@@H]2C1=O. The number of carbonyl (C=O) groups is 2. The maximum atomic E-state index is 13.8. The highest BCUT2D eigenvalue weighted by Gasteiger charge is 2.52. The van der Waals surface area contributed by atoms with Gasteiger partial charge in [-0.1, -0.05) is 53.0 Å². The third-order valence-corrected chi connectivity index (χ3v) is 8.23. The third-order valence-electron chi connectivity index (χ3n) is 6.46. The summed E-state index contributed by atoms with van der Waals surface area (Å²) in [5, 5.41) is 21.5. The predicted octanol–water partition coefficient (Wildman–Crippen LogP) is 2.48. The van der Waals surface area contributed by atoms with Crippen molar-refractivity contribution >= 4 is 27.7 Å². The second-order valence-electron chi connectivity index (χ2n) is 8.81. The van der Waals surface area contributed by atoms with Gasteiger partial charge in [0.2, 0.25) is 5.91 Å². The van der Waals surface area contributed by atoms with Crippen molar-refractivity contribution in [3.8, 4) is 0 Å². The molecule has 13 heteroatoms. The number of carboxylic acid groups (broad SMARTS) is 1. The van der Waals surface area contributed by atoms with Crippen molar-refractivity contribution in [2.24, 2.45) is 5.92 Å². The maximum absolute atomic E-state index is 13.8. The van der Waals surface area contributed by atoms with Crippen molar-refractivity contribution in [3.05, 3.63) is 82.9 Å². The molecule has 12 nitrogen and oxygen atoms in total. The summed E-state index contributed by atoms with van der Waals surface area (Å²) in [6, 6.07) is 11.6. The monoisotopic (exact) mass is 530 g/mol. The summed E-state index contributed by atoms with van der Waals surface area (Å²) in [6.45, 7) is 3.54. The van der Waals surface area contributed by atoms with Gasteiger partial charge in [0.05, 0.1) is 17.6 Å². The lowest BCUT2D eigenvalue weighted by atomic mass is 9.89. The molecule has 0 spiro atoms. The Morgan fingerprint density at radius 2 is 1.86 bits per heavy atom. The van der Waals surface area contributed by atoms with Crippen LogP contribution in [0.5, 0.6) is 0 Å². The number of amides is 2. The molecule has 37 heavy (non-hydrogen) atoms. The zero-order chi connectivity index (χ0) is 26.7. The van der Waals surface area contributed by atoms with Crippen molar-refractivity contribution < 1.29 is 32.9 Å². The van der Waals surface area contributed by atoms with Gasteiger partial charge < -0.3 is 10.0 Å². The quantitative estimate of drug-likeness (QED) is 0.295. The number of carbonyl (C=O) groups excluding carboxylic acids is 1. The zero-order valence-corrected chi connectivity index (χ0v) is 20.6. The topological polar surface area (TPSA) is 151 Å². The Balaban J connectivity index is 1.73. The molecule has 2 saturated heterocycles. The maximum Gasteiger partial charge on any atom is 0.408 e. The van der Waals surface area contributed by atoms with E-state index in [9.17, 15) is 33.2 Å². The summed E-state index contributed by atoms with van der Waals surface area (Å²) in [5.74, 6) is -0.879. The smallest absolute Gasteiger partial charge is 0.408 e. The van der Waals surface area contributed by atoms with Crippen LogP contribution in [0.1, 0.15) is 12.0 Å². The first-order chi connectivity index (χ1) is 17.6. The Morgan fingerprint density at radius 3 is 2.51 bits per heavy atom. The summed E-state index contributed by atoms with van der Waals surface area (Å²) >= 11 is 0. The number of hydrogen-bond donors (Lipinski definition) is 1. The van der Waals surface area contributed by atoms with Gasteiger partial charge >= 0.3 is 6.09 Å². The number of hydroxylamine groups is 1. The van der Waals surface area contributed by atoms with Crippen LogP contribution in [0.4, 0.5) is 10.5 Å². The fourth-order valence-electron chi connectivity index (χ4n) is 4.89. The third kappa shape index (κ3) is 5.19. The van der Waals surface area contributed by atoms with Crippen LogP contribution in [0.3, 0.4) is 0 Å². The number of likely N-dealkylation sites (tertiary alicyclic amines) is 2. The molecular formula is C24H26N4O8S. The van der Waals surface area contributed by atoms with Crippen LogP contribution < -0.4 is 0 Å². The van der Waals surface area contributed by atoms with Gasteiger partial charge in [-0.05, 0) is 18.1 Å². The number of sulfonamides is 1. The average molecular weight is 531 g/mol.